The molecule has 0 spiro atoms. The highest BCUT2D eigenvalue weighted by Gasteiger charge is 1.97. The Labute approximate surface area is 84.3 Å². The Morgan fingerprint density at radius 1 is 1.55 bits per heavy atom. The van der Waals surface area contributed by atoms with E-state index >= 15 is 0 Å². The lowest BCUT2D eigenvalue weighted by molar-refractivity contribution is 0.961. The average molecular weight is 283 g/mol. The minimum atomic E-state index is 0.542. The lowest BCUT2D eigenvalue weighted by atomic mass is 10.2. The van der Waals surface area contributed by atoms with Crippen molar-refractivity contribution in [2.45, 2.75) is 6.42 Å². The fourth-order valence-corrected chi connectivity index (χ4v) is 1.86. The largest absolute Gasteiger partial charge is 0.330 e. The van der Waals surface area contributed by atoms with Gasteiger partial charge in [-0.25, -0.2) is 4.98 Å². The lowest BCUT2D eigenvalue weighted by Gasteiger charge is -1.99. The van der Waals surface area contributed by atoms with Gasteiger partial charge in [0.05, 0.1) is 0 Å². The zero-order chi connectivity index (χ0) is 8.27. The first-order valence-corrected chi connectivity index (χ1v) is 4.70. The minimum Gasteiger partial charge on any atom is -0.330 e. The van der Waals surface area contributed by atoms with Gasteiger partial charge >= 0.3 is 0 Å². The van der Waals surface area contributed by atoms with Crippen molar-refractivity contribution in [2.75, 3.05) is 6.54 Å². The third kappa shape index (κ3) is 2.92. The molecule has 0 bridgehead atoms. The highest BCUT2D eigenvalue weighted by atomic mass is 127. The maximum atomic E-state index is 5.73. The number of rotatable bonds is 2. The van der Waals surface area contributed by atoms with Crippen LogP contribution < -0.4 is 5.73 Å². The Bertz CT molecular complexity index is 232. The first kappa shape index (κ1) is 9.22. The quantitative estimate of drug-likeness (QED) is 0.664. The molecule has 2 N–H and O–H groups in total. The van der Waals surface area contributed by atoms with E-state index in [1.54, 1.807) is 0 Å². The van der Waals surface area contributed by atoms with Crippen LogP contribution in [0.4, 0.5) is 0 Å². The molecule has 60 valence electrons. The summed E-state index contributed by atoms with van der Waals surface area (Å²) in [5.74, 6) is 0. The van der Waals surface area contributed by atoms with Crippen molar-refractivity contribution in [3.8, 4) is 0 Å². The van der Waals surface area contributed by atoms with Crippen LogP contribution in [-0.2, 0) is 6.42 Å². The van der Waals surface area contributed by atoms with E-state index < -0.39 is 0 Å². The van der Waals surface area contributed by atoms with E-state index in [4.69, 9.17) is 17.3 Å². The smallest absolute Gasteiger partial charge is 0.130 e. The lowest BCUT2D eigenvalue weighted by Crippen LogP contribution is -2.03. The van der Waals surface area contributed by atoms with E-state index in [9.17, 15) is 0 Å². The Balaban J connectivity index is 2.89. The molecule has 4 heteroatoms. The molecule has 0 unspecified atom stereocenters. The molecule has 0 atom stereocenters. The first-order chi connectivity index (χ1) is 5.22. The topological polar surface area (TPSA) is 38.9 Å². The average Bonchev–Trinajstić information content (AvgIpc) is 1.85. The molecule has 11 heavy (non-hydrogen) atoms. The normalized spacial score (nSPS) is 10.1. The van der Waals surface area contributed by atoms with Crippen LogP contribution in [0.25, 0.3) is 0 Å². The predicted molar refractivity (Wildman–Crippen MR) is 54.7 cm³/mol. The second-order valence-electron chi connectivity index (χ2n) is 2.16. The van der Waals surface area contributed by atoms with E-state index in [2.05, 4.69) is 27.6 Å². The van der Waals surface area contributed by atoms with Gasteiger partial charge in [0.2, 0.25) is 0 Å². The van der Waals surface area contributed by atoms with Crippen LogP contribution in [0.1, 0.15) is 5.56 Å². The fourth-order valence-electron chi connectivity index (χ4n) is 0.825. The molecule has 0 amide bonds. The molecular formula is C7H8ClIN2. The number of nitrogens with two attached hydrogens (primary N) is 1. The van der Waals surface area contributed by atoms with Gasteiger partial charge in [0.15, 0.2) is 0 Å². The van der Waals surface area contributed by atoms with Crippen LogP contribution in [0.3, 0.4) is 0 Å². The molecule has 0 aliphatic carbocycles. The Hall–Kier alpha value is 0.130. The highest BCUT2D eigenvalue weighted by molar-refractivity contribution is 14.1. The SMILES string of the molecule is NCCc1cc(Cl)nc(I)c1. The van der Waals surface area contributed by atoms with E-state index in [0.717, 1.165) is 15.7 Å². The van der Waals surface area contributed by atoms with Gasteiger partial charge in [-0.15, -0.1) is 0 Å². The summed E-state index contributed by atoms with van der Waals surface area (Å²) in [5.41, 5.74) is 6.54. The summed E-state index contributed by atoms with van der Waals surface area (Å²) in [6, 6.07) is 3.83. The third-order valence-corrected chi connectivity index (χ3v) is 2.00. The molecule has 1 heterocycles. The molecule has 0 aliphatic heterocycles. The van der Waals surface area contributed by atoms with Crippen molar-refractivity contribution in [1.82, 2.24) is 4.98 Å². The number of halogens is 2. The van der Waals surface area contributed by atoms with Gasteiger partial charge < -0.3 is 5.73 Å². The molecule has 0 aliphatic rings. The maximum Gasteiger partial charge on any atom is 0.130 e. The Morgan fingerprint density at radius 3 is 2.82 bits per heavy atom. The zero-order valence-corrected chi connectivity index (χ0v) is 8.76. The number of hydrogen-bond donors (Lipinski definition) is 1. The number of pyridine rings is 1. The van der Waals surface area contributed by atoms with E-state index in [1.165, 1.54) is 0 Å². The molecule has 0 radical (unpaired) electrons. The number of hydrogen-bond acceptors (Lipinski definition) is 2. The molecule has 0 saturated heterocycles. The molecule has 0 aromatic carbocycles. The molecule has 1 aromatic rings. The van der Waals surface area contributed by atoms with Gasteiger partial charge in [-0.3, -0.25) is 0 Å². The van der Waals surface area contributed by atoms with E-state index in [0.29, 0.717) is 11.7 Å². The second kappa shape index (κ2) is 4.23. The standard InChI is InChI=1S/C7H8ClIN2/c8-6-3-5(1-2-10)4-7(9)11-6/h3-4H,1-2,10H2. The van der Waals surface area contributed by atoms with E-state index in [1.807, 2.05) is 12.1 Å². The summed E-state index contributed by atoms with van der Waals surface area (Å²) >= 11 is 7.86. The number of nitrogens with zero attached hydrogens (tertiary/aromatic N) is 1. The van der Waals surface area contributed by atoms with Crippen LogP contribution in [0.5, 0.6) is 0 Å². The molecular weight excluding hydrogens is 274 g/mol. The Morgan fingerprint density at radius 2 is 2.27 bits per heavy atom. The first-order valence-electron chi connectivity index (χ1n) is 3.24. The third-order valence-electron chi connectivity index (χ3n) is 1.26. The van der Waals surface area contributed by atoms with Crippen molar-refractivity contribution in [3.05, 3.63) is 26.5 Å². The van der Waals surface area contributed by atoms with Gasteiger partial charge in [0.1, 0.15) is 8.85 Å². The molecule has 0 saturated carbocycles. The highest BCUT2D eigenvalue weighted by Crippen LogP contribution is 2.12. The molecule has 2 nitrogen and oxygen atoms in total. The van der Waals surface area contributed by atoms with Crippen LogP contribution in [0.2, 0.25) is 5.15 Å². The van der Waals surface area contributed by atoms with Crippen molar-refractivity contribution in [2.24, 2.45) is 5.73 Å². The monoisotopic (exact) mass is 282 g/mol. The summed E-state index contributed by atoms with van der Waals surface area (Å²) in [6.07, 6.45) is 0.859. The van der Waals surface area contributed by atoms with Gasteiger partial charge in [-0.05, 0) is 53.3 Å². The predicted octanol–water partition coefficient (Wildman–Crippen LogP) is 1.84. The van der Waals surface area contributed by atoms with Gasteiger partial charge in [-0.2, -0.15) is 0 Å². The minimum absolute atomic E-state index is 0.542. The molecule has 0 fully saturated rings. The zero-order valence-electron chi connectivity index (χ0n) is 5.85. The van der Waals surface area contributed by atoms with Crippen molar-refractivity contribution in [1.29, 1.82) is 0 Å². The molecule has 1 aromatic heterocycles. The van der Waals surface area contributed by atoms with Crippen LogP contribution in [0, 0.1) is 3.70 Å². The van der Waals surface area contributed by atoms with Crippen LogP contribution in [0.15, 0.2) is 12.1 Å². The Kier molecular flexibility index (Phi) is 3.54. The van der Waals surface area contributed by atoms with Gasteiger partial charge in [0.25, 0.3) is 0 Å². The summed E-state index contributed by atoms with van der Waals surface area (Å²) in [7, 11) is 0. The van der Waals surface area contributed by atoms with Crippen LogP contribution in [-0.4, -0.2) is 11.5 Å². The van der Waals surface area contributed by atoms with Crippen molar-refractivity contribution in [3.63, 3.8) is 0 Å². The number of aromatic nitrogens is 1. The van der Waals surface area contributed by atoms with E-state index in [-0.39, 0.29) is 0 Å². The van der Waals surface area contributed by atoms with Crippen LogP contribution >= 0.6 is 34.2 Å². The van der Waals surface area contributed by atoms with Gasteiger partial charge in [0, 0.05) is 0 Å². The summed E-state index contributed by atoms with van der Waals surface area (Å²) < 4.78 is 0.915. The summed E-state index contributed by atoms with van der Waals surface area (Å²) in [4.78, 5) is 4.03. The maximum absolute atomic E-state index is 5.73. The molecule has 1 rings (SSSR count). The fraction of sp³-hybridized carbons (Fsp3) is 0.286. The summed E-state index contributed by atoms with van der Waals surface area (Å²) in [6.45, 7) is 0.649. The van der Waals surface area contributed by atoms with Crippen molar-refractivity contribution >= 4 is 34.2 Å². The van der Waals surface area contributed by atoms with Crippen molar-refractivity contribution < 1.29 is 0 Å². The second-order valence-corrected chi connectivity index (χ2v) is 3.65. The summed E-state index contributed by atoms with van der Waals surface area (Å²) in [5, 5.41) is 0.542. The van der Waals surface area contributed by atoms with Gasteiger partial charge in [-0.1, -0.05) is 11.6 Å².